The zero-order valence-corrected chi connectivity index (χ0v) is 18.5. The van der Waals surface area contributed by atoms with Crippen LogP contribution < -0.4 is 19.7 Å². The number of amides is 2. The van der Waals surface area contributed by atoms with Crippen LogP contribution in [0.2, 0.25) is 0 Å². The van der Waals surface area contributed by atoms with E-state index in [1.54, 1.807) is 13.0 Å². The van der Waals surface area contributed by atoms with Crippen molar-refractivity contribution in [3.8, 4) is 17.6 Å². The fourth-order valence-electron chi connectivity index (χ4n) is 3.75. The quantitative estimate of drug-likeness (QED) is 0.582. The molecule has 2 heterocycles. The Bertz CT molecular complexity index is 1330. The van der Waals surface area contributed by atoms with Gasteiger partial charge in [-0.3, -0.25) is 14.3 Å². The number of carbonyl (C=O) groups is 2. The number of nitriles is 1. The zero-order valence-electron chi connectivity index (χ0n) is 18.5. The normalized spacial score (nSPS) is 15.3. The Morgan fingerprint density at radius 3 is 2.57 bits per heavy atom. The second-order valence-electron chi connectivity index (χ2n) is 7.64. The van der Waals surface area contributed by atoms with Gasteiger partial charge in [0.1, 0.15) is 23.3 Å². The summed E-state index contributed by atoms with van der Waals surface area (Å²) in [4.78, 5) is 27.7. The van der Waals surface area contributed by atoms with E-state index in [-0.39, 0.29) is 29.4 Å². The summed E-state index contributed by atoms with van der Waals surface area (Å²) in [6, 6.07) is 11.1. The summed E-state index contributed by atoms with van der Waals surface area (Å²) < 4.78 is 47.7. The summed E-state index contributed by atoms with van der Waals surface area (Å²) in [5, 5.41) is 16.1. The molecular formula is C23H18F3N5O4. The summed E-state index contributed by atoms with van der Waals surface area (Å²) in [6.45, 7) is 1.99. The highest BCUT2D eigenvalue weighted by Gasteiger charge is 2.36. The lowest BCUT2D eigenvalue weighted by atomic mass is 10.1. The van der Waals surface area contributed by atoms with Gasteiger partial charge in [0, 0.05) is 17.9 Å². The highest BCUT2D eigenvalue weighted by molar-refractivity contribution is 6.15. The number of fused-ring (bicyclic) bond motifs is 1. The maximum atomic E-state index is 13.3. The third kappa shape index (κ3) is 4.74. The van der Waals surface area contributed by atoms with Gasteiger partial charge in [0.05, 0.1) is 30.5 Å². The van der Waals surface area contributed by atoms with Gasteiger partial charge in [-0.1, -0.05) is 0 Å². The molecule has 1 atom stereocenters. The summed E-state index contributed by atoms with van der Waals surface area (Å²) in [5.41, 5.74) is 0.921. The molecule has 0 fully saturated rings. The first-order chi connectivity index (χ1) is 16.6. The molecule has 4 rings (SSSR count). The number of carbonyl (C=O) groups excluding carboxylic acids is 2. The largest absolute Gasteiger partial charge is 0.573 e. The number of ether oxygens (including phenoxy) is 2. The van der Waals surface area contributed by atoms with Crippen LogP contribution in [0.5, 0.6) is 11.5 Å². The van der Waals surface area contributed by atoms with Crippen molar-refractivity contribution < 1.29 is 32.2 Å². The molecule has 1 aromatic heterocycles. The molecule has 0 spiro atoms. The first-order valence-corrected chi connectivity index (χ1v) is 10.3. The number of halogens is 3. The minimum atomic E-state index is -4.83. The third-order valence-corrected chi connectivity index (χ3v) is 5.31. The number of alkyl halides is 3. The topological polar surface area (TPSA) is 109 Å². The van der Waals surface area contributed by atoms with Gasteiger partial charge in [-0.05, 0) is 49.4 Å². The smallest absolute Gasteiger partial charge is 0.495 e. The van der Waals surface area contributed by atoms with Crippen LogP contribution in [0.1, 0.15) is 39.4 Å². The third-order valence-electron chi connectivity index (χ3n) is 5.31. The molecule has 0 bridgehead atoms. The lowest BCUT2D eigenvalue weighted by Gasteiger charge is -2.32. The van der Waals surface area contributed by atoms with E-state index in [2.05, 4.69) is 15.2 Å². The number of anilines is 2. The Balaban J connectivity index is 1.60. The number of hydrogen-bond acceptors (Lipinski definition) is 6. The van der Waals surface area contributed by atoms with Crippen LogP contribution in [-0.4, -0.2) is 41.6 Å². The molecule has 9 nitrogen and oxygen atoms in total. The average molecular weight is 485 g/mol. The minimum Gasteiger partial charge on any atom is -0.495 e. The second-order valence-corrected chi connectivity index (χ2v) is 7.64. The molecule has 2 aromatic carbocycles. The van der Waals surface area contributed by atoms with Gasteiger partial charge in [-0.25, -0.2) is 0 Å². The van der Waals surface area contributed by atoms with Crippen molar-refractivity contribution in [2.24, 2.45) is 0 Å². The minimum absolute atomic E-state index is 0.0119. The molecule has 1 aliphatic heterocycles. The molecule has 0 saturated heterocycles. The fraction of sp³-hybridized carbons (Fsp3) is 0.217. The molecular weight excluding hydrogens is 467 g/mol. The Morgan fingerprint density at radius 2 is 1.94 bits per heavy atom. The van der Waals surface area contributed by atoms with E-state index < -0.39 is 23.9 Å². The number of hydrogen-bond donors (Lipinski definition) is 1. The van der Waals surface area contributed by atoms with Crippen LogP contribution in [0.25, 0.3) is 0 Å². The van der Waals surface area contributed by atoms with E-state index in [0.29, 0.717) is 17.1 Å². The summed E-state index contributed by atoms with van der Waals surface area (Å²) >= 11 is 0. The average Bonchev–Trinajstić information content (AvgIpc) is 3.27. The number of aromatic nitrogens is 2. The predicted octanol–water partition coefficient (Wildman–Crippen LogP) is 4.14. The van der Waals surface area contributed by atoms with E-state index in [1.165, 1.54) is 47.2 Å². The first kappa shape index (κ1) is 23.6. The summed E-state index contributed by atoms with van der Waals surface area (Å²) in [7, 11) is 1.42. The lowest BCUT2D eigenvalue weighted by Crippen LogP contribution is -2.43. The molecule has 1 N–H and O–H groups in total. The monoisotopic (exact) mass is 485 g/mol. The molecule has 35 heavy (non-hydrogen) atoms. The van der Waals surface area contributed by atoms with Gasteiger partial charge in [-0.15, -0.1) is 13.2 Å². The molecule has 3 aromatic rings. The van der Waals surface area contributed by atoms with Gasteiger partial charge in [0.15, 0.2) is 0 Å². The van der Waals surface area contributed by atoms with Crippen molar-refractivity contribution in [1.82, 2.24) is 9.78 Å². The van der Waals surface area contributed by atoms with Crippen molar-refractivity contribution >= 4 is 23.2 Å². The number of nitrogens with one attached hydrogen (secondary N) is 1. The summed E-state index contributed by atoms with van der Waals surface area (Å²) in [5.74, 6) is -1.22. The van der Waals surface area contributed by atoms with Gasteiger partial charge in [0.25, 0.3) is 11.8 Å². The van der Waals surface area contributed by atoms with Crippen LogP contribution in [0.3, 0.4) is 0 Å². The molecule has 0 saturated carbocycles. The standard InChI is InChI=1S/C23H18F3N5O4/c1-13-12-30(16-4-6-17(7-5-16)35-23(24,25)26)22(33)20-18(11-28-31(13)20)21(32)29-15-3-8-19(34-2)14(9-15)10-27/h3-9,11,13H,12H2,1-2H3,(H,29,32)/t13-/m0/s1. The van der Waals surface area contributed by atoms with E-state index in [4.69, 9.17) is 4.74 Å². The number of rotatable bonds is 5. The zero-order chi connectivity index (χ0) is 25.3. The Labute approximate surface area is 197 Å². The van der Waals surface area contributed by atoms with Gasteiger partial charge in [-0.2, -0.15) is 10.4 Å². The fourth-order valence-corrected chi connectivity index (χ4v) is 3.75. The van der Waals surface area contributed by atoms with E-state index in [0.717, 1.165) is 12.1 Å². The maximum absolute atomic E-state index is 13.3. The number of benzene rings is 2. The van der Waals surface area contributed by atoms with Crippen molar-refractivity contribution in [2.75, 3.05) is 23.9 Å². The lowest BCUT2D eigenvalue weighted by molar-refractivity contribution is -0.274. The Kier molecular flexibility index (Phi) is 6.09. The summed E-state index contributed by atoms with van der Waals surface area (Å²) in [6.07, 6.45) is -3.55. The first-order valence-electron chi connectivity index (χ1n) is 10.3. The van der Waals surface area contributed by atoms with Crippen molar-refractivity contribution in [3.63, 3.8) is 0 Å². The molecule has 180 valence electrons. The van der Waals surface area contributed by atoms with Crippen LogP contribution in [0.4, 0.5) is 24.5 Å². The van der Waals surface area contributed by atoms with Crippen molar-refractivity contribution in [1.29, 1.82) is 5.26 Å². The highest BCUT2D eigenvalue weighted by atomic mass is 19.4. The molecule has 12 heteroatoms. The van der Waals surface area contributed by atoms with Gasteiger partial charge < -0.3 is 19.7 Å². The van der Waals surface area contributed by atoms with E-state index in [1.807, 2.05) is 6.07 Å². The van der Waals surface area contributed by atoms with Crippen molar-refractivity contribution in [2.45, 2.75) is 19.3 Å². The second kappa shape index (κ2) is 9.02. The van der Waals surface area contributed by atoms with Crippen LogP contribution in [0.15, 0.2) is 48.7 Å². The SMILES string of the molecule is COc1ccc(NC(=O)c2cnn3c2C(=O)N(c2ccc(OC(F)(F)F)cc2)C[C@@H]3C)cc1C#N. The van der Waals surface area contributed by atoms with Crippen molar-refractivity contribution in [3.05, 3.63) is 65.5 Å². The van der Waals surface area contributed by atoms with Crippen LogP contribution in [0, 0.1) is 11.3 Å². The van der Waals surface area contributed by atoms with E-state index in [9.17, 15) is 28.0 Å². The highest BCUT2D eigenvalue weighted by Crippen LogP contribution is 2.31. The molecule has 1 aliphatic rings. The predicted molar refractivity (Wildman–Crippen MR) is 117 cm³/mol. The Hall–Kier alpha value is -4.53. The van der Waals surface area contributed by atoms with E-state index >= 15 is 0 Å². The van der Waals surface area contributed by atoms with Crippen LogP contribution >= 0.6 is 0 Å². The molecule has 0 aliphatic carbocycles. The van der Waals surface area contributed by atoms with Gasteiger partial charge >= 0.3 is 6.36 Å². The maximum Gasteiger partial charge on any atom is 0.573 e. The Morgan fingerprint density at radius 1 is 1.23 bits per heavy atom. The molecule has 0 unspecified atom stereocenters. The van der Waals surface area contributed by atoms with Crippen LogP contribution in [-0.2, 0) is 0 Å². The number of methoxy groups -OCH3 is 1. The molecule has 0 radical (unpaired) electrons. The van der Waals surface area contributed by atoms with Gasteiger partial charge in [0.2, 0.25) is 0 Å². The molecule has 2 amide bonds. The number of nitrogens with zero attached hydrogens (tertiary/aromatic N) is 4.